The van der Waals surface area contributed by atoms with Crippen molar-refractivity contribution in [3.05, 3.63) is 52.6 Å². The summed E-state index contributed by atoms with van der Waals surface area (Å²) in [6.07, 6.45) is 1.86. The summed E-state index contributed by atoms with van der Waals surface area (Å²) in [4.78, 5) is 6.51. The van der Waals surface area contributed by atoms with E-state index in [0.717, 1.165) is 12.2 Å². The van der Waals surface area contributed by atoms with Crippen LogP contribution in [0.4, 0.5) is 4.39 Å². The lowest BCUT2D eigenvalue weighted by molar-refractivity contribution is 0.431. The summed E-state index contributed by atoms with van der Waals surface area (Å²) >= 11 is 6.02. The van der Waals surface area contributed by atoms with Crippen LogP contribution in [-0.2, 0) is 20.1 Å². The Labute approximate surface area is 146 Å². The number of nitrogens with one attached hydrogen (secondary N) is 1. The summed E-state index contributed by atoms with van der Waals surface area (Å²) in [6, 6.07) is 6.20. The number of guanidine groups is 1. The molecule has 1 aromatic heterocycles. The average molecular weight is 353 g/mol. The molecule has 0 aliphatic rings. The quantitative estimate of drug-likeness (QED) is 0.642. The van der Waals surface area contributed by atoms with Crippen molar-refractivity contribution in [3.63, 3.8) is 0 Å². The number of nitrogens with zero attached hydrogens (tertiary/aromatic N) is 3. The third kappa shape index (κ3) is 4.64. The predicted octanol–water partition coefficient (Wildman–Crippen LogP) is 3.12. The molecule has 0 radical (unpaired) electrons. The molecule has 1 heterocycles. The van der Waals surface area contributed by atoms with E-state index in [1.807, 2.05) is 42.7 Å². The molecule has 0 bridgehead atoms. The highest BCUT2D eigenvalue weighted by Gasteiger charge is 2.10. The van der Waals surface area contributed by atoms with Crippen LogP contribution in [0.25, 0.3) is 0 Å². The van der Waals surface area contributed by atoms with Crippen LogP contribution in [0.1, 0.15) is 18.2 Å². The fourth-order valence-electron chi connectivity index (χ4n) is 2.33. The van der Waals surface area contributed by atoms with Crippen LogP contribution in [-0.4, -0.2) is 34.1 Å². The molecule has 0 aliphatic carbocycles. The third-order valence-corrected chi connectivity index (χ3v) is 3.80. The Morgan fingerprint density at radius 2 is 2.17 bits per heavy atom. The van der Waals surface area contributed by atoms with Crippen LogP contribution >= 0.6 is 11.6 Å². The highest BCUT2D eigenvalue weighted by Crippen LogP contribution is 2.17. The molecule has 24 heavy (non-hydrogen) atoms. The van der Waals surface area contributed by atoms with Gasteiger partial charge in [-0.25, -0.2) is 9.38 Å². The van der Waals surface area contributed by atoms with Crippen LogP contribution in [0.5, 0.6) is 5.75 Å². The number of halogens is 2. The van der Waals surface area contributed by atoms with Crippen molar-refractivity contribution in [1.82, 2.24) is 14.8 Å². The van der Waals surface area contributed by atoms with E-state index in [-0.39, 0.29) is 5.75 Å². The van der Waals surface area contributed by atoms with Crippen molar-refractivity contribution in [2.45, 2.75) is 20.0 Å². The minimum atomic E-state index is -0.639. The standard InChI is InChI=1S/C17H22ClFN4O/c1-4-20-17(21-9-12-5-6-16(24)15(19)7-12)23(3)11-14-8-13(18)10-22(14)2/h5-8,10,24H,4,9,11H2,1-3H3,(H,20,21). The number of rotatable bonds is 5. The summed E-state index contributed by atoms with van der Waals surface area (Å²) in [5.41, 5.74) is 1.75. The highest BCUT2D eigenvalue weighted by atomic mass is 35.5. The van der Waals surface area contributed by atoms with E-state index in [0.29, 0.717) is 29.6 Å². The molecule has 7 heteroatoms. The maximum Gasteiger partial charge on any atom is 0.194 e. The van der Waals surface area contributed by atoms with E-state index in [1.165, 1.54) is 12.1 Å². The van der Waals surface area contributed by atoms with Gasteiger partial charge in [0.05, 0.1) is 18.1 Å². The molecular formula is C17H22ClFN4O. The zero-order valence-corrected chi connectivity index (χ0v) is 14.8. The van der Waals surface area contributed by atoms with Crippen LogP contribution in [0, 0.1) is 5.82 Å². The fraction of sp³-hybridized carbons (Fsp3) is 0.353. The van der Waals surface area contributed by atoms with Crippen molar-refractivity contribution in [2.75, 3.05) is 13.6 Å². The van der Waals surface area contributed by atoms with E-state index in [9.17, 15) is 9.50 Å². The average Bonchev–Trinajstić information content (AvgIpc) is 2.84. The summed E-state index contributed by atoms with van der Waals surface area (Å²) in [7, 11) is 3.87. The lowest BCUT2D eigenvalue weighted by Gasteiger charge is -2.22. The van der Waals surface area contributed by atoms with Gasteiger partial charge in [0.1, 0.15) is 0 Å². The SMILES string of the molecule is CCNC(=NCc1ccc(O)c(F)c1)N(C)Cc1cc(Cl)cn1C. The Kier molecular flexibility index (Phi) is 6.09. The minimum absolute atomic E-state index is 0.317. The van der Waals surface area contributed by atoms with Crippen molar-refractivity contribution >= 4 is 17.6 Å². The maximum atomic E-state index is 13.4. The third-order valence-electron chi connectivity index (χ3n) is 3.59. The number of hydrogen-bond acceptors (Lipinski definition) is 2. The van der Waals surface area contributed by atoms with Crippen LogP contribution in [0.2, 0.25) is 5.02 Å². The topological polar surface area (TPSA) is 52.8 Å². The first-order valence-corrected chi connectivity index (χ1v) is 8.06. The molecule has 0 atom stereocenters. The Hall–Kier alpha value is -2.21. The van der Waals surface area contributed by atoms with E-state index in [2.05, 4.69) is 10.3 Å². The first-order valence-electron chi connectivity index (χ1n) is 7.68. The molecule has 0 amide bonds. The van der Waals surface area contributed by atoms with Crippen LogP contribution in [0.3, 0.4) is 0 Å². The second-order valence-electron chi connectivity index (χ2n) is 5.57. The molecule has 130 valence electrons. The molecule has 2 aromatic rings. The second kappa shape index (κ2) is 8.06. The lowest BCUT2D eigenvalue weighted by atomic mass is 10.2. The number of aryl methyl sites for hydroxylation is 1. The summed E-state index contributed by atoms with van der Waals surface area (Å²) in [6.45, 7) is 3.67. The maximum absolute atomic E-state index is 13.4. The Morgan fingerprint density at radius 1 is 1.42 bits per heavy atom. The number of aromatic nitrogens is 1. The van der Waals surface area contributed by atoms with Crippen molar-refractivity contribution in [1.29, 1.82) is 0 Å². The molecule has 0 unspecified atom stereocenters. The smallest absolute Gasteiger partial charge is 0.194 e. The van der Waals surface area contributed by atoms with E-state index in [4.69, 9.17) is 11.6 Å². The van der Waals surface area contributed by atoms with Gasteiger partial charge < -0.3 is 19.9 Å². The molecule has 0 spiro atoms. The molecule has 0 aliphatic heterocycles. The monoisotopic (exact) mass is 352 g/mol. The Balaban J connectivity index is 2.11. The second-order valence-corrected chi connectivity index (χ2v) is 6.01. The van der Waals surface area contributed by atoms with E-state index >= 15 is 0 Å². The normalized spacial score (nSPS) is 11.6. The number of aromatic hydroxyl groups is 1. The van der Waals surface area contributed by atoms with Crippen molar-refractivity contribution in [2.24, 2.45) is 12.0 Å². The van der Waals surface area contributed by atoms with Gasteiger partial charge in [0, 0.05) is 32.5 Å². The van der Waals surface area contributed by atoms with E-state index in [1.54, 1.807) is 6.07 Å². The summed E-state index contributed by atoms with van der Waals surface area (Å²) < 4.78 is 15.4. The van der Waals surface area contributed by atoms with Crippen molar-refractivity contribution < 1.29 is 9.50 Å². The first-order chi connectivity index (χ1) is 11.4. The van der Waals surface area contributed by atoms with Gasteiger partial charge in [-0.3, -0.25) is 0 Å². The molecule has 0 saturated carbocycles. The molecule has 2 rings (SSSR count). The molecule has 0 saturated heterocycles. The molecular weight excluding hydrogens is 331 g/mol. The Morgan fingerprint density at radius 3 is 2.75 bits per heavy atom. The first kappa shape index (κ1) is 18.1. The number of aliphatic imine (C=N–C) groups is 1. The Bertz CT molecular complexity index is 729. The number of phenols is 1. The van der Waals surface area contributed by atoms with Gasteiger partial charge in [0.2, 0.25) is 0 Å². The van der Waals surface area contributed by atoms with Gasteiger partial charge in [0.25, 0.3) is 0 Å². The van der Waals surface area contributed by atoms with Gasteiger partial charge in [0.15, 0.2) is 17.5 Å². The van der Waals surface area contributed by atoms with Gasteiger partial charge in [-0.05, 0) is 30.7 Å². The summed E-state index contributed by atoms with van der Waals surface area (Å²) in [5, 5.41) is 13.2. The summed E-state index contributed by atoms with van der Waals surface area (Å²) in [5.74, 6) is -0.282. The van der Waals surface area contributed by atoms with E-state index < -0.39 is 5.82 Å². The predicted molar refractivity (Wildman–Crippen MR) is 94.8 cm³/mol. The van der Waals surface area contributed by atoms with Gasteiger partial charge in [-0.1, -0.05) is 17.7 Å². The van der Waals surface area contributed by atoms with Crippen LogP contribution in [0.15, 0.2) is 35.5 Å². The largest absolute Gasteiger partial charge is 0.505 e. The van der Waals surface area contributed by atoms with Gasteiger partial charge in [-0.2, -0.15) is 0 Å². The fourth-order valence-corrected chi connectivity index (χ4v) is 2.60. The molecule has 2 N–H and O–H groups in total. The number of phenolic OH excluding ortho intramolecular Hbond substituents is 1. The van der Waals surface area contributed by atoms with Gasteiger partial charge in [-0.15, -0.1) is 0 Å². The van der Waals surface area contributed by atoms with Crippen LogP contribution < -0.4 is 5.32 Å². The van der Waals surface area contributed by atoms with Gasteiger partial charge >= 0.3 is 0 Å². The molecule has 5 nitrogen and oxygen atoms in total. The lowest BCUT2D eigenvalue weighted by Crippen LogP contribution is -2.38. The molecule has 1 aromatic carbocycles. The zero-order valence-electron chi connectivity index (χ0n) is 14.1. The minimum Gasteiger partial charge on any atom is -0.505 e. The number of hydrogen-bond donors (Lipinski definition) is 2. The number of benzene rings is 1. The van der Waals surface area contributed by atoms with Crippen molar-refractivity contribution in [3.8, 4) is 5.75 Å². The molecule has 0 fully saturated rings. The zero-order chi connectivity index (χ0) is 17.7. The highest BCUT2D eigenvalue weighted by molar-refractivity contribution is 6.30.